The van der Waals surface area contributed by atoms with Gasteiger partial charge in [-0.2, -0.15) is 0 Å². The SMILES string of the molecule is NC1(C(=O)Nc2ccc3c(c2)NC(=O)CO3)CCOC1. The van der Waals surface area contributed by atoms with Crippen molar-refractivity contribution in [2.24, 2.45) is 5.73 Å². The highest BCUT2D eigenvalue weighted by molar-refractivity contribution is 6.00. The summed E-state index contributed by atoms with van der Waals surface area (Å²) >= 11 is 0. The first-order chi connectivity index (χ1) is 9.57. The highest BCUT2D eigenvalue weighted by Crippen LogP contribution is 2.30. The molecule has 106 valence electrons. The quantitative estimate of drug-likeness (QED) is 0.710. The second-order valence-corrected chi connectivity index (χ2v) is 4.96. The molecule has 4 N–H and O–H groups in total. The molecule has 0 aromatic heterocycles. The van der Waals surface area contributed by atoms with Crippen molar-refractivity contribution in [2.75, 3.05) is 30.5 Å². The summed E-state index contributed by atoms with van der Waals surface area (Å²) in [4.78, 5) is 23.4. The number of carbonyl (C=O) groups is 2. The molecule has 1 atom stereocenters. The minimum atomic E-state index is -0.990. The predicted octanol–water partition coefficient (Wildman–Crippen LogP) is 0.0738. The molecule has 0 bridgehead atoms. The number of anilines is 2. The van der Waals surface area contributed by atoms with Gasteiger partial charge in [-0.15, -0.1) is 0 Å². The van der Waals surface area contributed by atoms with E-state index < -0.39 is 5.54 Å². The Kier molecular flexibility index (Phi) is 3.07. The minimum Gasteiger partial charge on any atom is -0.482 e. The number of nitrogens with two attached hydrogens (primary N) is 1. The van der Waals surface area contributed by atoms with Crippen LogP contribution >= 0.6 is 0 Å². The molecule has 1 fully saturated rings. The smallest absolute Gasteiger partial charge is 0.262 e. The van der Waals surface area contributed by atoms with Gasteiger partial charge < -0.3 is 25.8 Å². The maximum Gasteiger partial charge on any atom is 0.262 e. The molecular formula is C13H15N3O4. The lowest BCUT2D eigenvalue weighted by molar-refractivity contribution is -0.121. The van der Waals surface area contributed by atoms with Crippen LogP contribution in [0.2, 0.25) is 0 Å². The van der Waals surface area contributed by atoms with E-state index in [2.05, 4.69) is 10.6 Å². The first-order valence-electron chi connectivity index (χ1n) is 6.32. The minimum absolute atomic E-state index is 0.00194. The van der Waals surface area contributed by atoms with Gasteiger partial charge in [-0.25, -0.2) is 0 Å². The average molecular weight is 277 g/mol. The van der Waals surface area contributed by atoms with E-state index in [1.165, 1.54) is 0 Å². The van der Waals surface area contributed by atoms with E-state index in [-0.39, 0.29) is 25.0 Å². The van der Waals surface area contributed by atoms with E-state index in [0.717, 1.165) is 0 Å². The van der Waals surface area contributed by atoms with Crippen molar-refractivity contribution in [3.8, 4) is 5.75 Å². The summed E-state index contributed by atoms with van der Waals surface area (Å²) in [7, 11) is 0. The van der Waals surface area contributed by atoms with Gasteiger partial charge in [0.1, 0.15) is 11.3 Å². The number of nitrogens with one attached hydrogen (secondary N) is 2. The molecule has 0 radical (unpaired) electrons. The third-order valence-corrected chi connectivity index (χ3v) is 3.37. The molecule has 1 aromatic rings. The number of ether oxygens (including phenoxy) is 2. The second-order valence-electron chi connectivity index (χ2n) is 4.96. The summed E-state index contributed by atoms with van der Waals surface area (Å²) < 4.78 is 10.4. The van der Waals surface area contributed by atoms with Gasteiger partial charge in [0.05, 0.1) is 12.3 Å². The van der Waals surface area contributed by atoms with Gasteiger partial charge in [0.25, 0.3) is 5.91 Å². The topological polar surface area (TPSA) is 103 Å². The Morgan fingerprint density at radius 3 is 3.05 bits per heavy atom. The largest absolute Gasteiger partial charge is 0.482 e. The van der Waals surface area contributed by atoms with Crippen LogP contribution in [-0.4, -0.2) is 37.2 Å². The first-order valence-corrected chi connectivity index (χ1v) is 6.32. The van der Waals surface area contributed by atoms with Crippen molar-refractivity contribution >= 4 is 23.2 Å². The summed E-state index contributed by atoms with van der Waals surface area (Å²) in [6.45, 7) is 0.698. The molecule has 7 nitrogen and oxygen atoms in total. The molecule has 0 saturated carbocycles. The average Bonchev–Trinajstić information content (AvgIpc) is 2.86. The van der Waals surface area contributed by atoms with Crippen LogP contribution in [0.5, 0.6) is 5.75 Å². The van der Waals surface area contributed by atoms with Gasteiger partial charge in [0.15, 0.2) is 6.61 Å². The first kappa shape index (κ1) is 12.9. The summed E-state index contributed by atoms with van der Waals surface area (Å²) in [5, 5.41) is 5.42. The number of amides is 2. The van der Waals surface area contributed by atoms with E-state index >= 15 is 0 Å². The normalized spacial score (nSPS) is 24.6. The Balaban J connectivity index is 1.76. The molecule has 0 spiro atoms. The predicted molar refractivity (Wildman–Crippen MR) is 71.6 cm³/mol. The number of fused-ring (bicyclic) bond motifs is 1. The number of hydrogen-bond acceptors (Lipinski definition) is 5. The maximum atomic E-state index is 12.1. The highest BCUT2D eigenvalue weighted by atomic mass is 16.5. The fourth-order valence-corrected chi connectivity index (χ4v) is 2.18. The highest BCUT2D eigenvalue weighted by Gasteiger charge is 2.38. The molecule has 2 amide bonds. The van der Waals surface area contributed by atoms with Gasteiger partial charge in [0, 0.05) is 12.3 Å². The van der Waals surface area contributed by atoms with Crippen LogP contribution < -0.4 is 21.1 Å². The molecule has 1 aromatic carbocycles. The van der Waals surface area contributed by atoms with Crippen molar-refractivity contribution in [1.82, 2.24) is 0 Å². The zero-order valence-electron chi connectivity index (χ0n) is 10.8. The molecule has 20 heavy (non-hydrogen) atoms. The number of carbonyl (C=O) groups excluding carboxylic acids is 2. The Morgan fingerprint density at radius 2 is 2.30 bits per heavy atom. The molecule has 1 saturated heterocycles. The van der Waals surface area contributed by atoms with E-state index in [9.17, 15) is 9.59 Å². The van der Waals surface area contributed by atoms with Crippen molar-refractivity contribution in [3.05, 3.63) is 18.2 Å². The van der Waals surface area contributed by atoms with Crippen LogP contribution in [0.1, 0.15) is 6.42 Å². The summed E-state index contributed by atoms with van der Waals surface area (Å²) in [6, 6.07) is 5.04. The lowest BCUT2D eigenvalue weighted by atomic mass is 9.99. The second kappa shape index (κ2) is 4.77. The third kappa shape index (κ3) is 2.33. The van der Waals surface area contributed by atoms with Crippen molar-refractivity contribution < 1.29 is 19.1 Å². The van der Waals surface area contributed by atoms with E-state index in [1.807, 2.05) is 0 Å². The van der Waals surface area contributed by atoms with Crippen molar-refractivity contribution in [3.63, 3.8) is 0 Å². The Labute approximate surface area is 115 Å². The Hall–Kier alpha value is -2.12. The zero-order chi connectivity index (χ0) is 14.2. The van der Waals surface area contributed by atoms with Crippen LogP contribution in [0.3, 0.4) is 0 Å². The van der Waals surface area contributed by atoms with Gasteiger partial charge >= 0.3 is 0 Å². The fraction of sp³-hybridized carbons (Fsp3) is 0.385. The fourth-order valence-electron chi connectivity index (χ4n) is 2.18. The van der Waals surface area contributed by atoms with Crippen LogP contribution in [0, 0.1) is 0 Å². The molecular weight excluding hydrogens is 262 g/mol. The molecule has 0 aliphatic carbocycles. The molecule has 2 heterocycles. The standard InChI is InChI=1S/C13H15N3O4/c14-13(3-4-19-7-13)12(18)15-8-1-2-10-9(5-8)16-11(17)6-20-10/h1-2,5H,3-4,6-7,14H2,(H,15,18)(H,16,17). The summed E-state index contributed by atoms with van der Waals surface area (Å²) in [5.41, 5.74) is 6.08. The van der Waals surface area contributed by atoms with Crippen LogP contribution in [0.25, 0.3) is 0 Å². The van der Waals surface area contributed by atoms with E-state index in [4.69, 9.17) is 15.2 Å². The molecule has 2 aliphatic heterocycles. The number of hydrogen-bond donors (Lipinski definition) is 3. The van der Waals surface area contributed by atoms with Crippen molar-refractivity contribution in [2.45, 2.75) is 12.0 Å². The lowest BCUT2D eigenvalue weighted by Gasteiger charge is -2.22. The van der Waals surface area contributed by atoms with Gasteiger partial charge in [-0.1, -0.05) is 0 Å². The lowest BCUT2D eigenvalue weighted by Crippen LogP contribution is -2.51. The summed E-state index contributed by atoms with van der Waals surface area (Å²) in [5.74, 6) is 0.0627. The zero-order valence-corrected chi connectivity index (χ0v) is 10.8. The molecule has 7 heteroatoms. The Morgan fingerprint density at radius 1 is 1.45 bits per heavy atom. The molecule has 3 rings (SSSR count). The van der Waals surface area contributed by atoms with Crippen LogP contribution in [-0.2, 0) is 14.3 Å². The van der Waals surface area contributed by atoms with E-state index in [1.54, 1.807) is 18.2 Å². The number of benzene rings is 1. The molecule has 1 unspecified atom stereocenters. The van der Waals surface area contributed by atoms with Gasteiger partial charge in [0.2, 0.25) is 5.91 Å². The van der Waals surface area contributed by atoms with Crippen LogP contribution in [0.15, 0.2) is 18.2 Å². The summed E-state index contributed by atoms with van der Waals surface area (Å²) in [6.07, 6.45) is 0.490. The van der Waals surface area contributed by atoms with Crippen LogP contribution in [0.4, 0.5) is 11.4 Å². The van der Waals surface area contributed by atoms with Gasteiger partial charge in [-0.3, -0.25) is 9.59 Å². The Bertz CT molecular complexity index is 567. The van der Waals surface area contributed by atoms with Gasteiger partial charge in [-0.05, 0) is 24.6 Å². The number of rotatable bonds is 2. The third-order valence-electron chi connectivity index (χ3n) is 3.37. The molecule has 2 aliphatic rings. The monoisotopic (exact) mass is 277 g/mol. The van der Waals surface area contributed by atoms with Crippen molar-refractivity contribution in [1.29, 1.82) is 0 Å². The van der Waals surface area contributed by atoms with E-state index in [0.29, 0.717) is 30.2 Å². The maximum absolute atomic E-state index is 12.1.